The first-order chi connectivity index (χ1) is 11.8. The second kappa shape index (κ2) is 12.1. The van der Waals surface area contributed by atoms with E-state index in [1.807, 2.05) is 13.8 Å². The van der Waals surface area contributed by atoms with Crippen LogP contribution >= 0.6 is 12.0 Å². The van der Waals surface area contributed by atoms with E-state index in [9.17, 15) is 16.8 Å². The van der Waals surface area contributed by atoms with Crippen LogP contribution in [0.4, 0.5) is 0 Å². The minimum absolute atomic E-state index is 0.155. The van der Waals surface area contributed by atoms with Gasteiger partial charge in [0.15, 0.2) is 0 Å². The van der Waals surface area contributed by atoms with Gasteiger partial charge in [-0.25, -0.2) is 5.26 Å². The molecule has 0 saturated heterocycles. The van der Waals surface area contributed by atoms with E-state index in [0.29, 0.717) is 41.6 Å². The van der Waals surface area contributed by atoms with E-state index in [0.717, 1.165) is 12.0 Å². The molecule has 0 bridgehead atoms. The molecule has 0 aliphatic rings. The molecule has 0 saturated carbocycles. The molecule has 158 valence electrons. The van der Waals surface area contributed by atoms with E-state index in [-0.39, 0.29) is 11.2 Å². The second-order valence-corrected chi connectivity index (χ2v) is 13.2. The van der Waals surface area contributed by atoms with E-state index in [1.54, 1.807) is 13.8 Å². The Balaban J connectivity index is 4.10. The predicted molar refractivity (Wildman–Crippen MR) is 106 cm³/mol. The molecule has 0 aromatic rings. The van der Waals surface area contributed by atoms with Crippen LogP contribution in [0.15, 0.2) is 0 Å². The molecule has 2 N–H and O–H groups in total. The summed E-state index contributed by atoms with van der Waals surface area (Å²) in [6.45, 7) is 7.35. The van der Waals surface area contributed by atoms with Crippen molar-refractivity contribution in [2.45, 2.75) is 40.5 Å². The van der Waals surface area contributed by atoms with Crippen LogP contribution in [0.5, 0.6) is 0 Å². The first-order valence-corrected chi connectivity index (χ1v) is 13.5. The van der Waals surface area contributed by atoms with Gasteiger partial charge < -0.3 is 0 Å². The van der Waals surface area contributed by atoms with Crippen LogP contribution in [0.3, 0.4) is 0 Å². The van der Waals surface area contributed by atoms with Gasteiger partial charge in [0.05, 0.1) is 5.75 Å². The van der Waals surface area contributed by atoms with Crippen molar-refractivity contribution in [3.63, 3.8) is 0 Å². The Kier molecular flexibility index (Phi) is 12.3. The predicted octanol–water partition coefficient (Wildman–Crippen LogP) is 2.27. The zero-order chi connectivity index (χ0) is 20.4. The van der Waals surface area contributed by atoms with Crippen LogP contribution < -0.4 is 0 Å². The largest absolute Gasteiger partial charge is 0.286 e. The molecule has 0 spiro atoms. The Bertz CT molecular complexity index is 559. The first kappa shape index (κ1) is 26.4. The molecule has 26 heavy (non-hydrogen) atoms. The summed E-state index contributed by atoms with van der Waals surface area (Å²) < 4.78 is 59.3. The molecule has 0 aliphatic heterocycles. The third-order valence-corrected chi connectivity index (χ3v) is 8.75. The van der Waals surface area contributed by atoms with Crippen LogP contribution in [-0.2, 0) is 41.1 Å². The lowest BCUT2D eigenvalue weighted by molar-refractivity contribution is -0.432. The molecule has 0 aliphatic carbocycles. The first-order valence-electron chi connectivity index (χ1n) is 8.01. The Morgan fingerprint density at radius 2 is 1.38 bits per heavy atom. The lowest BCUT2D eigenvalue weighted by Crippen LogP contribution is -2.26. The maximum Gasteiger partial charge on any atom is 0.265 e. The number of rotatable bonds is 15. The Hall–Kier alpha value is 0.440. The van der Waals surface area contributed by atoms with E-state index in [1.165, 1.54) is 0 Å². The molecule has 0 heterocycles. The Morgan fingerprint density at radius 3 is 1.81 bits per heavy atom. The normalized spacial score (nSPS) is 15.8. The Labute approximate surface area is 165 Å². The van der Waals surface area contributed by atoms with Crippen LogP contribution in [0, 0.1) is 10.8 Å². The minimum Gasteiger partial charge on any atom is -0.286 e. The monoisotopic (exact) mass is 454 g/mol. The molecular weight excluding hydrogens is 424 g/mol. The van der Waals surface area contributed by atoms with Crippen molar-refractivity contribution in [2.75, 3.05) is 34.5 Å². The van der Waals surface area contributed by atoms with Gasteiger partial charge in [0.25, 0.3) is 10.1 Å². The molecule has 2 atom stereocenters. The van der Waals surface area contributed by atoms with Gasteiger partial charge in [-0.2, -0.15) is 8.42 Å². The zero-order valence-electron chi connectivity index (χ0n) is 15.6. The molecule has 12 heteroatoms. The van der Waals surface area contributed by atoms with E-state index < -0.39 is 37.1 Å². The summed E-state index contributed by atoms with van der Waals surface area (Å²) in [6, 6.07) is 0. The highest BCUT2D eigenvalue weighted by Crippen LogP contribution is 2.26. The molecule has 0 fully saturated rings. The summed E-state index contributed by atoms with van der Waals surface area (Å²) in [5.41, 5.74) is -0.817. The van der Waals surface area contributed by atoms with Gasteiger partial charge in [-0.05, 0) is 23.7 Å². The van der Waals surface area contributed by atoms with Crippen molar-refractivity contribution in [3.8, 4) is 0 Å². The van der Waals surface area contributed by atoms with Crippen molar-refractivity contribution in [2.24, 2.45) is 10.8 Å². The van der Waals surface area contributed by atoms with Gasteiger partial charge in [-0.1, -0.05) is 32.7 Å². The SMILES string of the molecule is CC(C)(CCS(=O)CCS(=O)CCC(C)(C)CS(=O)(=O)O)CSOOO. The topological polar surface area (TPSA) is 127 Å². The molecule has 0 aromatic carbocycles. The summed E-state index contributed by atoms with van der Waals surface area (Å²) in [5, 5.41) is 11.6. The lowest BCUT2D eigenvalue weighted by Gasteiger charge is -2.23. The summed E-state index contributed by atoms with van der Waals surface area (Å²) >= 11 is 0.962. The summed E-state index contributed by atoms with van der Waals surface area (Å²) in [5.74, 6) is 1.58. The minimum atomic E-state index is -4.07. The quantitative estimate of drug-likeness (QED) is 0.126. The van der Waals surface area contributed by atoms with Gasteiger partial charge in [0.2, 0.25) is 0 Å². The van der Waals surface area contributed by atoms with Crippen LogP contribution in [0.2, 0.25) is 0 Å². The van der Waals surface area contributed by atoms with Gasteiger partial charge in [0.1, 0.15) is 0 Å². The summed E-state index contributed by atoms with van der Waals surface area (Å²) in [6.07, 6.45) is 1.07. The average molecular weight is 455 g/mol. The molecule has 0 radical (unpaired) electrons. The van der Waals surface area contributed by atoms with Crippen molar-refractivity contribution >= 4 is 43.8 Å². The average Bonchev–Trinajstić information content (AvgIpc) is 2.47. The van der Waals surface area contributed by atoms with Gasteiger partial charge >= 0.3 is 0 Å². The third kappa shape index (κ3) is 15.5. The van der Waals surface area contributed by atoms with Crippen molar-refractivity contribution in [3.05, 3.63) is 0 Å². The molecule has 0 rings (SSSR count). The fourth-order valence-corrected chi connectivity index (χ4v) is 7.16. The summed E-state index contributed by atoms with van der Waals surface area (Å²) in [7, 11) is -6.34. The standard InChI is InChI=1S/C14H30O8S4/c1-13(2,11-23-22-21-15)5-7-24(16)9-10-25(17)8-6-14(3,4)12-26(18,19)20/h15H,5-12H2,1-4H3,(H,18,19,20). The maximum atomic E-state index is 12.1. The van der Waals surface area contributed by atoms with Crippen molar-refractivity contribution < 1.29 is 36.0 Å². The van der Waals surface area contributed by atoms with E-state index in [4.69, 9.17) is 9.81 Å². The molecule has 8 nitrogen and oxygen atoms in total. The fraction of sp³-hybridized carbons (Fsp3) is 1.00. The van der Waals surface area contributed by atoms with E-state index in [2.05, 4.69) is 9.37 Å². The van der Waals surface area contributed by atoms with Gasteiger partial charge in [-0.15, -0.1) is 4.33 Å². The smallest absolute Gasteiger partial charge is 0.265 e. The summed E-state index contributed by atoms with van der Waals surface area (Å²) in [4.78, 5) is 0. The number of hydrogen-bond donors (Lipinski definition) is 2. The van der Waals surface area contributed by atoms with E-state index >= 15 is 0 Å². The molecule has 2 unspecified atom stereocenters. The maximum absolute atomic E-state index is 12.1. The molecule has 0 aromatic heterocycles. The van der Waals surface area contributed by atoms with Crippen molar-refractivity contribution in [1.29, 1.82) is 0 Å². The highest BCUT2D eigenvalue weighted by molar-refractivity contribution is 7.94. The van der Waals surface area contributed by atoms with Crippen LogP contribution in [0.25, 0.3) is 0 Å². The van der Waals surface area contributed by atoms with Crippen molar-refractivity contribution in [1.82, 2.24) is 0 Å². The molecular formula is C14H30O8S4. The number of hydrogen-bond acceptors (Lipinski definition) is 8. The van der Waals surface area contributed by atoms with Gasteiger partial charge in [-0.3, -0.25) is 13.0 Å². The fourth-order valence-electron chi connectivity index (χ4n) is 2.01. The Morgan fingerprint density at radius 1 is 0.923 bits per heavy atom. The highest BCUT2D eigenvalue weighted by atomic mass is 32.2. The lowest BCUT2D eigenvalue weighted by atomic mass is 9.93. The van der Waals surface area contributed by atoms with Crippen LogP contribution in [-0.4, -0.2) is 61.2 Å². The highest BCUT2D eigenvalue weighted by Gasteiger charge is 2.25. The second-order valence-electron chi connectivity index (χ2n) is 7.66. The zero-order valence-corrected chi connectivity index (χ0v) is 18.9. The van der Waals surface area contributed by atoms with Gasteiger partial charge in [0, 0.05) is 62.4 Å². The molecule has 0 amide bonds. The van der Waals surface area contributed by atoms with Crippen LogP contribution in [0.1, 0.15) is 40.5 Å². The third-order valence-electron chi connectivity index (χ3n) is 3.65.